The van der Waals surface area contributed by atoms with Gasteiger partial charge in [-0.2, -0.15) is 0 Å². The van der Waals surface area contributed by atoms with Gasteiger partial charge < -0.3 is 14.2 Å². The first-order valence-electron chi connectivity index (χ1n) is 19.9. The summed E-state index contributed by atoms with van der Waals surface area (Å²) in [6, 6.07) is 0. The van der Waals surface area contributed by atoms with Crippen LogP contribution < -0.4 is 0 Å². The lowest BCUT2D eigenvalue weighted by atomic mass is 10.1. The van der Waals surface area contributed by atoms with Crippen molar-refractivity contribution in [2.75, 3.05) is 13.2 Å². The molecule has 0 aromatic carbocycles. The molecule has 1 unspecified atom stereocenters. The van der Waals surface area contributed by atoms with Gasteiger partial charge in [0.25, 0.3) is 0 Å². The smallest absolute Gasteiger partial charge is 0.306 e. The van der Waals surface area contributed by atoms with Crippen LogP contribution in [0.4, 0.5) is 0 Å². The molecule has 0 aliphatic heterocycles. The van der Waals surface area contributed by atoms with Gasteiger partial charge >= 0.3 is 17.9 Å². The monoisotopic (exact) mass is 697 g/mol. The molecule has 0 aliphatic carbocycles. The zero-order valence-electron chi connectivity index (χ0n) is 32.1. The van der Waals surface area contributed by atoms with Gasteiger partial charge in [-0.3, -0.25) is 14.4 Å². The third kappa shape index (κ3) is 36.1. The largest absolute Gasteiger partial charge is 0.462 e. The number of ether oxygens (including phenoxy) is 3. The predicted molar refractivity (Wildman–Crippen MR) is 210 cm³/mol. The molecule has 0 fully saturated rings. The minimum atomic E-state index is -0.795. The summed E-state index contributed by atoms with van der Waals surface area (Å²) in [5, 5.41) is 0. The molecule has 0 aliphatic rings. The lowest BCUT2D eigenvalue weighted by molar-refractivity contribution is -0.167. The highest BCUT2D eigenvalue weighted by Crippen LogP contribution is 2.11. The molecule has 6 heteroatoms. The molecule has 6 nitrogen and oxygen atoms in total. The first kappa shape index (κ1) is 46.9. The van der Waals surface area contributed by atoms with E-state index in [0.717, 1.165) is 109 Å². The summed E-state index contributed by atoms with van der Waals surface area (Å²) in [7, 11) is 0. The highest BCUT2D eigenvalue weighted by molar-refractivity contribution is 5.71. The fourth-order valence-corrected chi connectivity index (χ4v) is 4.95. The standard InChI is InChI=1S/C44H72O6/c1-4-7-10-13-15-17-19-20-21-22-23-24-25-27-28-31-34-37-43(46)49-40-41(39-48-42(45)36-33-30-12-9-6-3)50-44(47)38-35-32-29-26-18-16-14-11-8-5-2/h7,10-11,14-15,17,20-21,23-24,27-28,41H,4-6,8-9,12-13,16,18-19,22,25-26,29-40H2,1-3H3/b10-7-,14-11-,17-15-,21-20-,24-23-,28-27-. The fourth-order valence-electron chi connectivity index (χ4n) is 4.95. The number of rotatable bonds is 34. The average molecular weight is 697 g/mol. The Morgan fingerprint density at radius 1 is 0.420 bits per heavy atom. The third-order valence-electron chi connectivity index (χ3n) is 7.93. The minimum Gasteiger partial charge on any atom is -0.462 e. The van der Waals surface area contributed by atoms with Gasteiger partial charge in [-0.15, -0.1) is 0 Å². The van der Waals surface area contributed by atoms with E-state index in [2.05, 4.69) is 93.7 Å². The van der Waals surface area contributed by atoms with Crippen molar-refractivity contribution in [2.24, 2.45) is 0 Å². The van der Waals surface area contributed by atoms with Crippen LogP contribution >= 0.6 is 0 Å². The molecule has 0 spiro atoms. The Balaban J connectivity index is 4.38. The Morgan fingerprint density at radius 3 is 1.40 bits per heavy atom. The van der Waals surface area contributed by atoms with Gasteiger partial charge in [0, 0.05) is 19.3 Å². The Labute approximate surface area is 306 Å². The molecule has 284 valence electrons. The van der Waals surface area contributed by atoms with Crippen LogP contribution in [-0.4, -0.2) is 37.2 Å². The van der Waals surface area contributed by atoms with Gasteiger partial charge in [0.05, 0.1) is 0 Å². The van der Waals surface area contributed by atoms with Crippen LogP contribution in [0.2, 0.25) is 0 Å². The van der Waals surface area contributed by atoms with Crippen molar-refractivity contribution in [3.63, 3.8) is 0 Å². The molecule has 0 amide bonds. The van der Waals surface area contributed by atoms with E-state index >= 15 is 0 Å². The molecule has 0 N–H and O–H groups in total. The quantitative estimate of drug-likeness (QED) is 0.0288. The number of hydrogen-bond donors (Lipinski definition) is 0. The number of esters is 3. The summed E-state index contributed by atoms with van der Waals surface area (Å²) < 4.78 is 16.4. The van der Waals surface area contributed by atoms with Crippen molar-refractivity contribution in [2.45, 2.75) is 175 Å². The minimum absolute atomic E-state index is 0.0988. The molecule has 0 radical (unpaired) electrons. The number of hydrogen-bond acceptors (Lipinski definition) is 6. The third-order valence-corrected chi connectivity index (χ3v) is 7.93. The topological polar surface area (TPSA) is 78.9 Å². The summed E-state index contributed by atoms with van der Waals surface area (Å²) in [6.07, 6.45) is 46.4. The highest BCUT2D eigenvalue weighted by atomic mass is 16.6. The van der Waals surface area contributed by atoms with Crippen molar-refractivity contribution in [1.82, 2.24) is 0 Å². The molecule has 0 saturated heterocycles. The van der Waals surface area contributed by atoms with Crippen molar-refractivity contribution in [3.05, 3.63) is 72.9 Å². The van der Waals surface area contributed by atoms with Crippen molar-refractivity contribution < 1.29 is 28.6 Å². The molecule has 0 aromatic rings. The first-order chi connectivity index (χ1) is 24.5. The Kier molecular flexibility index (Phi) is 36.2. The van der Waals surface area contributed by atoms with Gasteiger partial charge in [-0.1, -0.05) is 145 Å². The Morgan fingerprint density at radius 2 is 0.840 bits per heavy atom. The van der Waals surface area contributed by atoms with Crippen LogP contribution in [0.25, 0.3) is 0 Å². The van der Waals surface area contributed by atoms with E-state index in [9.17, 15) is 14.4 Å². The normalized spacial score (nSPS) is 12.8. The number of unbranched alkanes of at least 4 members (excludes halogenated alkanes) is 11. The Bertz CT molecular complexity index is 986. The molecule has 0 rings (SSSR count). The summed E-state index contributed by atoms with van der Waals surface area (Å²) >= 11 is 0. The summed E-state index contributed by atoms with van der Waals surface area (Å²) in [6.45, 7) is 6.28. The lowest BCUT2D eigenvalue weighted by Crippen LogP contribution is -2.30. The molecule has 0 aromatic heterocycles. The molecule has 0 saturated carbocycles. The predicted octanol–water partition coefficient (Wildman–Crippen LogP) is 12.4. The van der Waals surface area contributed by atoms with Crippen LogP contribution in [0.3, 0.4) is 0 Å². The maximum absolute atomic E-state index is 12.6. The van der Waals surface area contributed by atoms with Crippen molar-refractivity contribution >= 4 is 17.9 Å². The fraction of sp³-hybridized carbons (Fsp3) is 0.659. The molecule has 0 heterocycles. The zero-order valence-corrected chi connectivity index (χ0v) is 32.1. The second-order valence-electron chi connectivity index (χ2n) is 12.8. The van der Waals surface area contributed by atoms with E-state index in [4.69, 9.17) is 14.2 Å². The van der Waals surface area contributed by atoms with Gasteiger partial charge in [0.1, 0.15) is 13.2 Å². The SMILES string of the molecule is CC/C=C\C/C=C\C/C=C\C/C=C\C/C=C\CCCC(=O)OCC(COC(=O)CCCCCCC)OC(=O)CCCCCCC/C=C\CCC. The maximum atomic E-state index is 12.6. The van der Waals surface area contributed by atoms with E-state index in [1.165, 1.54) is 12.8 Å². The van der Waals surface area contributed by atoms with Gasteiger partial charge in [-0.05, 0) is 77.0 Å². The summed E-state index contributed by atoms with van der Waals surface area (Å²) in [5.41, 5.74) is 0. The average Bonchev–Trinajstić information content (AvgIpc) is 3.11. The van der Waals surface area contributed by atoms with Crippen molar-refractivity contribution in [1.29, 1.82) is 0 Å². The second-order valence-corrected chi connectivity index (χ2v) is 12.8. The van der Waals surface area contributed by atoms with E-state index < -0.39 is 6.10 Å². The van der Waals surface area contributed by atoms with E-state index in [0.29, 0.717) is 19.3 Å². The molecule has 1 atom stereocenters. The maximum Gasteiger partial charge on any atom is 0.306 e. The van der Waals surface area contributed by atoms with E-state index in [1.807, 2.05) is 0 Å². The highest BCUT2D eigenvalue weighted by Gasteiger charge is 2.19. The summed E-state index contributed by atoms with van der Waals surface area (Å²) in [5.74, 6) is -0.997. The lowest BCUT2D eigenvalue weighted by Gasteiger charge is -2.18. The van der Waals surface area contributed by atoms with Gasteiger partial charge in [-0.25, -0.2) is 0 Å². The molecular formula is C44H72O6. The van der Waals surface area contributed by atoms with Crippen LogP contribution in [0.1, 0.15) is 168 Å². The zero-order chi connectivity index (χ0) is 36.6. The van der Waals surface area contributed by atoms with Crippen LogP contribution in [-0.2, 0) is 28.6 Å². The van der Waals surface area contributed by atoms with Crippen LogP contribution in [0.15, 0.2) is 72.9 Å². The number of allylic oxidation sites excluding steroid dienone is 12. The number of carbonyl (C=O) groups excluding carboxylic acids is 3. The van der Waals surface area contributed by atoms with Crippen molar-refractivity contribution in [3.8, 4) is 0 Å². The van der Waals surface area contributed by atoms with E-state index in [1.54, 1.807) is 0 Å². The number of carbonyl (C=O) groups is 3. The Hall–Kier alpha value is -3.15. The van der Waals surface area contributed by atoms with Gasteiger partial charge in [0.15, 0.2) is 6.10 Å². The second kappa shape index (κ2) is 38.6. The van der Waals surface area contributed by atoms with Gasteiger partial charge in [0.2, 0.25) is 0 Å². The molecule has 0 bridgehead atoms. The molecular weight excluding hydrogens is 624 g/mol. The molecule has 50 heavy (non-hydrogen) atoms. The first-order valence-corrected chi connectivity index (χ1v) is 19.9. The van der Waals surface area contributed by atoms with Crippen LogP contribution in [0, 0.1) is 0 Å². The summed E-state index contributed by atoms with van der Waals surface area (Å²) in [4.78, 5) is 37.2. The van der Waals surface area contributed by atoms with E-state index in [-0.39, 0.29) is 37.5 Å². The van der Waals surface area contributed by atoms with Crippen LogP contribution in [0.5, 0.6) is 0 Å².